The number of nitrogens with zero attached hydrogens (tertiary/aromatic N) is 2. The highest BCUT2D eigenvalue weighted by Gasteiger charge is 2.37. The lowest BCUT2D eigenvalue weighted by Crippen LogP contribution is -2.28. The van der Waals surface area contributed by atoms with Crippen molar-refractivity contribution >= 4 is 10.0 Å². The Hall–Kier alpha value is -2.08. The molecule has 0 aliphatic heterocycles. The Morgan fingerprint density at radius 1 is 1.07 bits per heavy atom. The van der Waals surface area contributed by atoms with E-state index in [0.29, 0.717) is 11.8 Å². The molecule has 3 rings (SSSR count). The second-order valence-electron chi connectivity index (χ2n) is 6.37. The van der Waals surface area contributed by atoms with Gasteiger partial charge >= 0.3 is 12.4 Å². The minimum atomic E-state index is -4.70. The molecule has 5 nitrogen and oxygen atoms in total. The summed E-state index contributed by atoms with van der Waals surface area (Å²) in [5, 5.41) is 3.49. The van der Waals surface area contributed by atoms with E-state index < -0.39 is 38.5 Å². The number of aromatic nitrogens is 2. The second kappa shape index (κ2) is 7.07. The van der Waals surface area contributed by atoms with Crippen molar-refractivity contribution in [3.8, 4) is 0 Å². The van der Waals surface area contributed by atoms with Gasteiger partial charge in [0.15, 0.2) is 5.69 Å². The van der Waals surface area contributed by atoms with Gasteiger partial charge in [-0.05, 0) is 37.1 Å². The van der Waals surface area contributed by atoms with Gasteiger partial charge in [-0.15, -0.1) is 0 Å². The quantitative estimate of drug-likeness (QED) is 0.714. The van der Waals surface area contributed by atoms with Crippen LogP contribution in [0.5, 0.6) is 0 Å². The van der Waals surface area contributed by atoms with E-state index in [2.05, 4.69) is 9.82 Å². The van der Waals surface area contributed by atoms with Crippen LogP contribution in [0.15, 0.2) is 35.2 Å². The molecule has 1 aliphatic rings. The van der Waals surface area contributed by atoms with Crippen LogP contribution in [-0.2, 0) is 28.9 Å². The molecule has 1 saturated carbocycles. The molecule has 0 saturated heterocycles. The van der Waals surface area contributed by atoms with E-state index in [-0.39, 0.29) is 19.0 Å². The third kappa shape index (κ3) is 4.66. The van der Waals surface area contributed by atoms with Gasteiger partial charge in [0.25, 0.3) is 0 Å². The molecule has 2 aromatic rings. The Balaban J connectivity index is 1.72. The molecule has 1 aliphatic carbocycles. The van der Waals surface area contributed by atoms with Crippen LogP contribution >= 0.6 is 0 Å². The van der Waals surface area contributed by atoms with E-state index >= 15 is 0 Å². The largest absolute Gasteiger partial charge is 0.435 e. The first-order chi connectivity index (χ1) is 12.9. The first-order valence-electron chi connectivity index (χ1n) is 8.20. The minimum Gasteiger partial charge on any atom is -0.267 e. The SMILES string of the molecule is O=S(=O)(NCCn1nc(C(F)(F)F)cc1C1CC1)c1cccc(C(F)(F)F)c1. The van der Waals surface area contributed by atoms with Gasteiger partial charge < -0.3 is 0 Å². The number of hydrogen-bond donors (Lipinski definition) is 1. The van der Waals surface area contributed by atoms with Crippen LogP contribution in [0.25, 0.3) is 0 Å². The van der Waals surface area contributed by atoms with Crippen molar-refractivity contribution in [2.75, 3.05) is 6.54 Å². The Labute approximate surface area is 156 Å². The summed E-state index contributed by atoms with van der Waals surface area (Å²) in [5.74, 6) is -0.0522. The first-order valence-corrected chi connectivity index (χ1v) is 9.68. The molecule has 0 unspecified atom stereocenters. The summed E-state index contributed by atoms with van der Waals surface area (Å²) in [5.41, 5.74) is -1.81. The standard InChI is InChI=1S/C16H15F6N3O2S/c17-15(18,19)11-2-1-3-12(8-11)28(26,27)23-6-7-25-13(10-4-5-10)9-14(24-25)16(20,21)22/h1-3,8-10,23H,4-7H2. The number of halogens is 6. The molecule has 1 N–H and O–H groups in total. The smallest absolute Gasteiger partial charge is 0.267 e. The van der Waals surface area contributed by atoms with E-state index in [1.165, 1.54) is 0 Å². The number of rotatable bonds is 6. The number of alkyl halides is 6. The first kappa shape index (κ1) is 20.6. The number of sulfonamides is 1. The van der Waals surface area contributed by atoms with E-state index in [1.54, 1.807) is 0 Å². The van der Waals surface area contributed by atoms with Crippen LogP contribution in [-0.4, -0.2) is 24.7 Å². The van der Waals surface area contributed by atoms with Gasteiger partial charge in [0.2, 0.25) is 10.0 Å². The van der Waals surface area contributed by atoms with Gasteiger partial charge in [-0.3, -0.25) is 4.68 Å². The predicted molar refractivity (Wildman–Crippen MR) is 85.8 cm³/mol. The van der Waals surface area contributed by atoms with Crippen molar-refractivity contribution in [2.45, 2.75) is 42.6 Å². The van der Waals surface area contributed by atoms with Crippen molar-refractivity contribution in [3.63, 3.8) is 0 Å². The molecular weight excluding hydrogens is 412 g/mol. The van der Waals surface area contributed by atoms with E-state index in [4.69, 9.17) is 0 Å². The highest BCUT2D eigenvalue weighted by Crippen LogP contribution is 2.42. The van der Waals surface area contributed by atoms with Crippen LogP contribution < -0.4 is 4.72 Å². The molecule has 28 heavy (non-hydrogen) atoms. The van der Waals surface area contributed by atoms with Crippen LogP contribution in [0.4, 0.5) is 26.3 Å². The Kier molecular flexibility index (Phi) is 5.21. The topological polar surface area (TPSA) is 64.0 Å². The summed E-state index contributed by atoms with van der Waals surface area (Å²) in [6, 6.07) is 4.14. The molecule has 12 heteroatoms. The summed E-state index contributed by atoms with van der Waals surface area (Å²) in [6.45, 7) is -0.503. The molecule has 1 aromatic carbocycles. The molecule has 0 spiro atoms. The molecule has 0 radical (unpaired) electrons. The summed E-state index contributed by atoms with van der Waals surface area (Å²) in [7, 11) is -4.27. The lowest BCUT2D eigenvalue weighted by atomic mass is 10.2. The van der Waals surface area contributed by atoms with E-state index in [0.717, 1.165) is 41.8 Å². The van der Waals surface area contributed by atoms with Gasteiger partial charge in [0.1, 0.15) is 0 Å². The van der Waals surface area contributed by atoms with E-state index in [1.807, 2.05) is 0 Å². The highest BCUT2D eigenvalue weighted by atomic mass is 32.2. The maximum Gasteiger partial charge on any atom is 0.435 e. The predicted octanol–water partition coefficient (Wildman–Crippen LogP) is 3.78. The molecule has 0 amide bonds. The van der Waals surface area contributed by atoms with Crippen LogP contribution in [0.1, 0.15) is 35.7 Å². The summed E-state index contributed by atoms with van der Waals surface area (Å²) in [4.78, 5) is -0.582. The fourth-order valence-corrected chi connectivity index (χ4v) is 3.73. The molecular formula is C16H15F6N3O2S. The Morgan fingerprint density at radius 3 is 2.32 bits per heavy atom. The average molecular weight is 427 g/mol. The van der Waals surface area contributed by atoms with Crippen molar-refractivity contribution in [3.05, 3.63) is 47.3 Å². The van der Waals surface area contributed by atoms with Gasteiger partial charge in [0.05, 0.1) is 17.0 Å². The monoisotopic (exact) mass is 427 g/mol. The highest BCUT2D eigenvalue weighted by molar-refractivity contribution is 7.89. The van der Waals surface area contributed by atoms with Crippen LogP contribution in [0.2, 0.25) is 0 Å². The Bertz CT molecular complexity index is 961. The van der Waals surface area contributed by atoms with Gasteiger partial charge in [-0.25, -0.2) is 13.1 Å². The van der Waals surface area contributed by atoms with Crippen molar-refractivity contribution in [1.82, 2.24) is 14.5 Å². The zero-order valence-electron chi connectivity index (χ0n) is 14.2. The molecule has 0 atom stereocenters. The average Bonchev–Trinajstić information content (AvgIpc) is 3.33. The van der Waals surface area contributed by atoms with Crippen molar-refractivity contribution < 1.29 is 34.8 Å². The fraction of sp³-hybridized carbons (Fsp3) is 0.438. The molecule has 1 heterocycles. The number of benzene rings is 1. The number of hydrogen-bond acceptors (Lipinski definition) is 3. The molecule has 1 aromatic heterocycles. The zero-order chi connectivity index (χ0) is 20.7. The fourth-order valence-electron chi connectivity index (χ4n) is 2.67. The van der Waals surface area contributed by atoms with Crippen molar-refractivity contribution in [2.24, 2.45) is 0 Å². The molecule has 154 valence electrons. The molecule has 1 fully saturated rings. The van der Waals surface area contributed by atoms with Gasteiger partial charge in [0, 0.05) is 18.2 Å². The number of nitrogens with one attached hydrogen (secondary N) is 1. The van der Waals surface area contributed by atoms with Crippen LogP contribution in [0.3, 0.4) is 0 Å². The lowest BCUT2D eigenvalue weighted by Gasteiger charge is -2.11. The normalized spacial score (nSPS) is 15.8. The maximum atomic E-state index is 12.9. The van der Waals surface area contributed by atoms with Gasteiger partial charge in [-0.1, -0.05) is 6.07 Å². The maximum absolute atomic E-state index is 12.9. The van der Waals surface area contributed by atoms with E-state index in [9.17, 15) is 34.8 Å². The zero-order valence-corrected chi connectivity index (χ0v) is 15.0. The third-order valence-corrected chi connectivity index (χ3v) is 5.64. The summed E-state index contributed by atoms with van der Waals surface area (Å²) < 4.78 is 104. The van der Waals surface area contributed by atoms with Gasteiger partial charge in [-0.2, -0.15) is 31.4 Å². The summed E-state index contributed by atoms with van der Waals surface area (Å²) >= 11 is 0. The lowest BCUT2D eigenvalue weighted by molar-refractivity contribution is -0.141. The molecule has 0 bridgehead atoms. The summed E-state index contributed by atoms with van der Waals surface area (Å²) in [6.07, 6.45) is -7.88. The second-order valence-corrected chi connectivity index (χ2v) is 8.14. The Morgan fingerprint density at radius 2 is 1.75 bits per heavy atom. The minimum absolute atomic E-state index is 0.0522. The third-order valence-electron chi connectivity index (χ3n) is 4.18. The van der Waals surface area contributed by atoms with Crippen molar-refractivity contribution in [1.29, 1.82) is 0 Å². The van der Waals surface area contributed by atoms with Crippen LogP contribution in [0, 0.1) is 0 Å².